The Bertz CT molecular complexity index is 785. The average molecular weight is 375 g/mol. The van der Waals surface area contributed by atoms with Gasteiger partial charge in [-0.2, -0.15) is 0 Å². The summed E-state index contributed by atoms with van der Waals surface area (Å²) in [5, 5.41) is 1.33. The van der Waals surface area contributed by atoms with E-state index in [1.54, 1.807) is 6.08 Å². The van der Waals surface area contributed by atoms with E-state index in [0.29, 0.717) is 22.9 Å². The number of esters is 1. The molecular formula is C21H20Cl2O2. The van der Waals surface area contributed by atoms with Gasteiger partial charge in [0, 0.05) is 16.0 Å². The average Bonchev–Trinajstić information content (AvgIpc) is 2.58. The number of benzene rings is 2. The molecule has 3 rings (SSSR count). The molecule has 1 saturated heterocycles. The first kappa shape index (κ1) is 18.0. The molecule has 4 heteroatoms. The maximum Gasteiger partial charge on any atom is 0.312 e. The molecular weight excluding hydrogens is 355 g/mol. The van der Waals surface area contributed by atoms with Crippen LogP contribution < -0.4 is 0 Å². The number of hydrogen-bond donors (Lipinski definition) is 0. The second-order valence-electron chi connectivity index (χ2n) is 6.80. The molecule has 1 aliphatic rings. The third-order valence-electron chi connectivity index (χ3n) is 4.83. The molecule has 0 radical (unpaired) electrons. The lowest BCUT2D eigenvalue weighted by molar-refractivity contribution is -0.171. The van der Waals surface area contributed by atoms with Crippen LogP contribution in [-0.4, -0.2) is 5.97 Å². The molecule has 1 heterocycles. The van der Waals surface area contributed by atoms with Gasteiger partial charge in [0.1, 0.15) is 6.10 Å². The van der Waals surface area contributed by atoms with Gasteiger partial charge in [-0.1, -0.05) is 53.5 Å². The highest BCUT2D eigenvalue weighted by molar-refractivity contribution is 6.30. The lowest BCUT2D eigenvalue weighted by Crippen LogP contribution is -2.39. The van der Waals surface area contributed by atoms with E-state index >= 15 is 0 Å². The van der Waals surface area contributed by atoms with E-state index in [0.717, 1.165) is 11.1 Å². The smallest absolute Gasteiger partial charge is 0.312 e. The molecule has 25 heavy (non-hydrogen) atoms. The van der Waals surface area contributed by atoms with E-state index in [1.807, 2.05) is 55.5 Å². The molecule has 130 valence electrons. The molecule has 0 saturated carbocycles. The van der Waals surface area contributed by atoms with Gasteiger partial charge in [0.2, 0.25) is 0 Å². The number of allylic oxidation sites excluding steroid dienone is 1. The third kappa shape index (κ3) is 3.75. The minimum absolute atomic E-state index is 0.0162. The largest absolute Gasteiger partial charge is 0.456 e. The van der Waals surface area contributed by atoms with Gasteiger partial charge >= 0.3 is 5.97 Å². The van der Waals surface area contributed by atoms with E-state index in [4.69, 9.17) is 27.9 Å². The predicted molar refractivity (Wildman–Crippen MR) is 102 cm³/mol. The van der Waals surface area contributed by atoms with E-state index in [-0.39, 0.29) is 18.0 Å². The van der Waals surface area contributed by atoms with Gasteiger partial charge in [0.05, 0.1) is 5.41 Å². The Kier molecular flexibility index (Phi) is 5.21. The molecule has 2 nitrogen and oxygen atoms in total. The van der Waals surface area contributed by atoms with Crippen LogP contribution in [0.4, 0.5) is 0 Å². The molecule has 0 bridgehead atoms. The maximum absolute atomic E-state index is 12.7. The van der Waals surface area contributed by atoms with Crippen molar-refractivity contribution >= 4 is 29.2 Å². The third-order valence-corrected chi connectivity index (χ3v) is 5.32. The lowest BCUT2D eigenvalue weighted by atomic mass is 9.71. The summed E-state index contributed by atoms with van der Waals surface area (Å²) in [5.41, 5.74) is 1.41. The van der Waals surface area contributed by atoms with Crippen LogP contribution in [-0.2, 0) is 9.53 Å². The van der Waals surface area contributed by atoms with Gasteiger partial charge in [0.25, 0.3) is 0 Å². The van der Waals surface area contributed by atoms with Crippen molar-refractivity contribution in [3.8, 4) is 0 Å². The van der Waals surface area contributed by atoms with Crippen LogP contribution in [0.15, 0.2) is 61.2 Å². The quantitative estimate of drug-likeness (QED) is 0.460. The molecule has 2 aromatic rings. The van der Waals surface area contributed by atoms with Gasteiger partial charge in [-0.15, -0.1) is 6.58 Å². The second kappa shape index (κ2) is 7.23. The highest BCUT2D eigenvalue weighted by Crippen LogP contribution is 2.49. The van der Waals surface area contributed by atoms with Gasteiger partial charge in [0.15, 0.2) is 0 Å². The monoisotopic (exact) mass is 374 g/mol. The highest BCUT2D eigenvalue weighted by atomic mass is 35.5. The molecule has 0 aliphatic carbocycles. The van der Waals surface area contributed by atoms with Crippen molar-refractivity contribution in [2.24, 2.45) is 5.41 Å². The Morgan fingerprint density at radius 3 is 2.52 bits per heavy atom. The van der Waals surface area contributed by atoms with Gasteiger partial charge in [-0.3, -0.25) is 4.79 Å². The van der Waals surface area contributed by atoms with Gasteiger partial charge in [-0.05, 0) is 55.2 Å². The molecule has 0 spiro atoms. The predicted octanol–water partition coefficient (Wildman–Crippen LogP) is 6.35. The first-order valence-electron chi connectivity index (χ1n) is 8.26. The molecule has 0 amide bonds. The van der Waals surface area contributed by atoms with Gasteiger partial charge in [-0.25, -0.2) is 0 Å². The Morgan fingerprint density at radius 2 is 1.88 bits per heavy atom. The number of halogens is 2. The maximum atomic E-state index is 12.7. The van der Waals surface area contributed by atoms with E-state index in [1.165, 1.54) is 0 Å². The first-order valence-corrected chi connectivity index (χ1v) is 9.01. The molecule has 2 aromatic carbocycles. The summed E-state index contributed by atoms with van der Waals surface area (Å²) in [6, 6.07) is 15.2. The van der Waals surface area contributed by atoms with Crippen LogP contribution in [0.25, 0.3) is 0 Å². The highest BCUT2D eigenvalue weighted by Gasteiger charge is 2.46. The summed E-state index contributed by atoms with van der Waals surface area (Å²) < 4.78 is 5.91. The molecule has 3 atom stereocenters. The fraction of sp³-hybridized carbons (Fsp3) is 0.286. The summed E-state index contributed by atoms with van der Waals surface area (Å²) in [6.07, 6.45) is 2.67. The molecule has 1 fully saturated rings. The van der Waals surface area contributed by atoms with Crippen molar-refractivity contribution in [3.63, 3.8) is 0 Å². The van der Waals surface area contributed by atoms with Crippen LogP contribution in [0.3, 0.4) is 0 Å². The van der Waals surface area contributed by atoms with Crippen molar-refractivity contribution in [2.45, 2.75) is 31.8 Å². The number of hydrogen-bond acceptors (Lipinski definition) is 2. The Balaban J connectivity index is 2.03. The van der Waals surface area contributed by atoms with Crippen molar-refractivity contribution in [3.05, 3.63) is 82.4 Å². The van der Waals surface area contributed by atoms with Crippen LogP contribution >= 0.6 is 23.2 Å². The van der Waals surface area contributed by atoms with Crippen molar-refractivity contribution in [1.82, 2.24) is 0 Å². The summed E-state index contributed by atoms with van der Waals surface area (Å²) in [5.74, 6) is -0.173. The topological polar surface area (TPSA) is 26.3 Å². The SMILES string of the molecule is C=CCC1(C)C[C@H](c2cccc(Cl)c2)[C@H](c2ccc(Cl)cc2)OC1=O. The number of ether oxygens (including phenoxy) is 1. The number of cyclic esters (lactones) is 1. The molecule has 1 aliphatic heterocycles. The fourth-order valence-electron chi connectivity index (χ4n) is 3.48. The normalized spacial score (nSPS) is 26.1. The standard InChI is InChI=1S/C21H20Cl2O2/c1-3-11-21(2)13-18(15-5-4-6-17(23)12-15)19(25-20(21)24)14-7-9-16(22)10-8-14/h3-10,12,18-19H,1,11,13H2,2H3/t18-,19+,21?/m1/s1. The summed E-state index contributed by atoms with van der Waals surface area (Å²) >= 11 is 12.2. The Hall–Kier alpha value is -1.77. The lowest BCUT2D eigenvalue weighted by Gasteiger charge is -2.41. The minimum Gasteiger partial charge on any atom is -0.456 e. The fourth-order valence-corrected chi connectivity index (χ4v) is 3.81. The number of carbonyl (C=O) groups excluding carboxylic acids is 1. The zero-order chi connectivity index (χ0) is 18.0. The number of rotatable bonds is 4. The molecule has 0 N–H and O–H groups in total. The summed E-state index contributed by atoms with van der Waals surface area (Å²) in [6.45, 7) is 5.73. The van der Waals surface area contributed by atoms with E-state index in [2.05, 4.69) is 6.58 Å². The first-order chi connectivity index (χ1) is 11.9. The summed E-state index contributed by atoms with van der Waals surface area (Å²) in [7, 11) is 0. The zero-order valence-electron chi connectivity index (χ0n) is 14.0. The van der Waals surface area contributed by atoms with Crippen LogP contribution in [0, 0.1) is 5.41 Å². The Labute approximate surface area is 158 Å². The zero-order valence-corrected chi connectivity index (χ0v) is 15.6. The Morgan fingerprint density at radius 1 is 1.16 bits per heavy atom. The van der Waals surface area contributed by atoms with Crippen molar-refractivity contribution < 1.29 is 9.53 Å². The minimum atomic E-state index is -0.586. The van der Waals surface area contributed by atoms with E-state index < -0.39 is 5.41 Å². The van der Waals surface area contributed by atoms with Crippen LogP contribution in [0.5, 0.6) is 0 Å². The van der Waals surface area contributed by atoms with Crippen LogP contribution in [0.2, 0.25) is 10.0 Å². The van der Waals surface area contributed by atoms with Crippen molar-refractivity contribution in [2.75, 3.05) is 0 Å². The van der Waals surface area contributed by atoms with E-state index in [9.17, 15) is 4.79 Å². The second-order valence-corrected chi connectivity index (χ2v) is 7.67. The molecule has 1 unspecified atom stereocenters. The summed E-state index contributed by atoms with van der Waals surface area (Å²) in [4.78, 5) is 12.7. The van der Waals surface area contributed by atoms with Gasteiger partial charge < -0.3 is 4.74 Å². The van der Waals surface area contributed by atoms with Crippen LogP contribution in [0.1, 0.15) is 42.9 Å². The number of carbonyl (C=O) groups is 1. The molecule has 0 aromatic heterocycles. The van der Waals surface area contributed by atoms with Crippen molar-refractivity contribution in [1.29, 1.82) is 0 Å².